The van der Waals surface area contributed by atoms with Crippen molar-refractivity contribution in [2.75, 3.05) is 6.61 Å². The maximum Gasteiger partial charge on any atom is 0.119 e. The molecule has 2 aliphatic rings. The second kappa shape index (κ2) is 13.4. The number of hydrogen-bond acceptors (Lipinski definition) is 1. The number of benzene rings is 1. The van der Waals surface area contributed by atoms with Gasteiger partial charge in [-0.1, -0.05) is 90.2 Å². The Labute approximate surface area is 187 Å². The number of ether oxygens (including phenoxy) is 1. The first kappa shape index (κ1) is 23.7. The Balaban J connectivity index is 1.30. The SMILES string of the molecule is CCCCCCCC1CCC(c2ccc(OCCCC3CCCCC3C)cc2)CC1. The predicted octanol–water partition coefficient (Wildman–Crippen LogP) is 9.31. The van der Waals surface area contributed by atoms with Crippen LogP contribution < -0.4 is 4.74 Å². The Kier molecular flexibility index (Phi) is 10.6. The summed E-state index contributed by atoms with van der Waals surface area (Å²) in [5, 5.41) is 0. The number of unbranched alkanes of at least 4 members (excludes halogenated alkanes) is 4. The fraction of sp³-hybridized carbons (Fsp3) is 0.793. The van der Waals surface area contributed by atoms with Gasteiger partial charge in [0.25, 0.3) is 0 Å². The smallest absolute Gasteiger partial charge is 0.119 e. The lowest BCUT2D eigenvalue weighted by Gasteiger charge is -2.29. The molecule has 2 unspecified atom stereocenters. The Bertz CT molecular complexity index is 554. The molecule has 0 heterocycles. The Morgan fingerprint density at radius 2 is 1.50 bits per heavy atom. The van der Waals surface area contributed by atoms with E-state index in [4.69, 9.17) is 4.74 Å². The molecule has 1 aromatic rings. The van der Waals surface area contributed by atoms with Crippen LogP contribution in [0.3, 0.4) is 0 Å². The average molecular weight is 413 g/mol. The molecule has 2 fully saturated rings. The molecule has 0 amide bonds. The summed E-state index contributed by atoms with van der Waals surface area (Å²) in [6.45, 7) is 5.63. The van der Waals surface area contributed by atoms with Gasteiger partial charge in [-0.2, -0.15) is 0 Å². The maximum absolute atomic E-state index is 6.06. The zero-order valence-corrected chi connectivity index (χ0v) is 20.0. The normalized spacial score (nSPS) is 27.1. The number of hydrogen-bond donors (Lipinski definition) is 0. The lowest BCUT2D eigenvalue weighted by molar-refractivity contribution is 0.217. The highest BCUT2D eigenvalue weighted by molar-refractivity contribution is 5.29. The standard InChI is InChI=1S/C29H48O/c1-3-4-5-6-7-12-25-15-17-27(18-16-25)28-19-21-29(22-20-28)30-23-10-14-26-13-9-8-11-24(26)2/h19-22,24-27H,3-18,23H2,1-2H3. The molecule has 170 valence electrons. The molecule has 3 rings (SSSR count). The van der Waals surface area contributed by atoms with E-state index in [9.17, 15) is 0 Å². The highest BCUT2D eigenvalue weighted by Crippen LogP contribution is 2.38. The van der Waals surface area contributed by atoms with Crippen LogP contribution in [0.2, 0.25) is 0 Å². The molecule has 1 aromatic carbocycles. The van der Waals surface area contributed by atoms with Gasteiger partial charge in [-0.05, 0) is 79.9 Å². The molecule has 30 heavy (non-hydrogen) atoms. The fourth-order valence-electron chi connectivity index (χ4n) is 6.01. The molecule has 2 saturated carbocycles. The zero-order chi connectivity index (χ0) is 21.0. The van der Waals surface area contributed by atoms with Crippen LogP contribution in [0.1, 0.15) is 128 Å². The van der Waals surface area contributed by atoms with E-state index in [-0.39, 0.29) is 0 Å². The van der Waals surface area contributed by atoms with Crippen LogP contribution >= 0.6 is 0 Å². The molecule has 1 heteroatoms. The molecule has 1 nitrogen and oxygen atoms in total. The van der Waals surface area contributed by atoms with Crippen LogP contribution in [-0.4, -0.2) is 6.61 Å². The van der Waals surface area contributed by atoms with Gasteiger partial charge in [-0.3, -0.25) is 0 Å². The second-order valence-electron chi connectivity index (χ2n) is 10.5. The van der Waals surface area contributed by atoms with Gasteiger partial charge in [-0.25, -0.2) is 0 Å². The fourth-order valence-corrected chi connectivity index (χ4v) is 6.01. The third kappa shape index (κ3) is 7.93. The van der Waals surface area contributed by atoms with Crippen LogP contribution in [0.25, 0.3) is 0 Å². The van der Waals surface area contributed by atoms with Gasteiger partial charge < -0.3 is 4.74 Å². The van der Waals surface area contributed by atoms with E-state index in [0.717, 1.165) is 36.0 Å². The first-order valence-electron chi connectivity index (χ1n) is 13.5. The average Bonchev–Trinajstić information content (AvgIpc) is 2.79. The molecule has 0 N–H and O–H groups in total. The van der Waals surface area contributed by atoms with E-state index in [2.05, 4.69) is 38.1 Å². The van der Waals surface area contributed by atoms with Crippen molar-refractivity contribution in [1.82, 2.24) is 0 Å². The van der Waals surface area contributed by atoms with E-state index in [1.54, 1.807) is 5.56 Å². The summed E-state index contributed by atoms with van der Waals surface area (Å²) in [5.41, 5.74) is 1.54. The maximum atomic E-state index is 6.06. The van der Waals surface area contributed by atoms with E-state index < -0.39 is 0 Å². The van der Waals surface area contributed by atoms with E-state index in [0.29, 0.717) is 0 Å². The minimum Gasteiger partial charge on any atom is -0.494 e. The van der Waals surface area contributed by atoms with Crippen LogP contribution in [0, 0.1) is 17.8 Å². The summed E-state index contributed by atoms with van der Waals surface area (Å²) in [6, 6.07) is 9.12. The third-order valence-corrected chi connectivity index (χ3v) is 8.19. The van der Waals surface area contributed by atoms with Crippen molar-refractivity contribution in [2.45, 2.75) is 122 Å². The largest absolute Gasteiger partial charge is 0.494 e. The van der Waals surface area contributed by atoms with Crippen molar-refractivity contribution < 1.29 is 4.74 Å². The van der Waals surface area contributed by atoms with Gasteiger partial charge in [0.05, 0.1) is 6.61 Å². The first-order chi connectivity index (χ1) is 14.8. The van der Waals surface area contributed by atoms with Gasteiger partial charge in [0.2, 0.25) is 0 Å². The van der Waals surface area contributed by atoms with Crippen LogP contribution in [0.4, 0.5) is 0 Å². The van der Waals surface area contributed by atoms with Gasteiger partial charge in [-0.15, -0.1) is 0 Å². The minimum absolute atomic E-state index is 0.781. The molecule has 2 aliphatic carbocycles. The molecular weight excluding hydrogens is 364 g/mol. The molecule has 0 saturated heterocycles. The molecule has 0 aliphatic heterocycles. The molecule has 0 spiro atoms. The van der Waals surface area contributed by atoms with Crippen molar-refractivity contribution in [3.05, 3.63) is 29.8 Å². The quantitative estimate of drug-likeness (QED) is 0.311. The topological polar surface area (TPSA) is 9.23 Å². The molecule has 2 atom stereocenters. The van der Waals surface area contributed by atoms with Gasteiger partial charge >= 0.3 is 0 Å². The van der Waals surface area contributed by atoms with Crippen molar-refractivity contribution in [3.8, 4) is 5.75 Å². The zero-order valence-electron chi connectivity index (χ0n) is 20.0. The highest BCUT2D eigenvalue weighted by Gasteiger charge is 2.22. The van der Waals surface area contributed by atoms with E-state index in [1.165, 1.54) is 103 Å². The van der Waals surface area contributed by atoms with Crippen molar-refractivity contribution >= 4 is 0 Å². The molecule has 0 aromatic heterocycles. The first-order valence-corrected chi connectivity index (χ1v) is 13.5. The summed E-state index contributed by atoms with van der Waals surface area (Å²) in [5.74, 6) is 4.71. The monoisotopic (exact) mass is 412 g/mol. The number of rotatable bonds is 12. The lowest BCUT2D eigenvalue weighted by atomic mass is 9.77. The molecule has 0 radical (unpaired) electrons. The van der Waals surface area contributed by atoms with Gasteiger partial charge in [0.15, 0.2) is 0 Å². The van der Waals surface area contributed by atoms with Crippen LogP contribution in [0.15, 0.2) is 24.3 Å². The highest BCUT2D eigenvalue weighted by atomic mass is 16.5. The van der Waals surface area contributed by atoms with Crippen molar-refractivity contribution in [2.24, 2.45) is 17.8 Å². The van der Waals surface area contributed by atoms with E-state index in [1.807, 2.05) is 0 Å². The van der Waals surface area contributed by atoms with Gasteiger partial charge in [0, 0.05) is 0 Å². The van der Waals surface area contributed by atoms with Gasteiger partial charge in [0.1, 0.15) is 5.75 Å². The Morgan fingerprint density at radius 3 is 2.23 bits per heavy atom. The summed E-state index contributed by atoms with van der Waals surface area (Å²) in [7, 11) is 0. The van der Waals surface area contributed by atoms with Crippen LogP contribution in [0.5, 0.6) is 5.75 Å². The van der Waals surface area contributed by atoms with Crippen LogP contribution in [-0.2, 0) is 0 Å². The summed E-state index contributed by atoms with van der Waals surface area (Å²) in [6.07, 6.45) is 22.6. The Morgan fingerprint density at radius 1 is 0.767 bits per heavy atom. The van der Waals surface area contributed by atoms with Crippen molar-refractivity contribution in [3.63, 3.8) is 0 Å². The minimum atomic E-state index is 0.781. The van der Waals surface area contributed by atoms with Crippen molar-refractivity contribution in [1.29, 1.82) is 0 Å². The lowest BCUT2D eigenvalue weighted by Crippen LogP contribution is -2.17. The third-order valence-electron chi connectivity index (χ3n) is 8.19. The second-order valence-corrected chi connectivity index (χ2v) is 10.5. The Hall–Kier alpha value is -0.980. The van der Waals surface area contributed by atoms with E-state index >= 15 is 0 Å². The predicted molar refractivity (Wildman–Crippen MR) is 130 cm³/mol. The summed E-state index contributed by atoms with van der Waals surface area (Å²) in [4.78, 5) is 0. The molecular formula is C29H48O. The summed E-state index contributed by atoms with van der Waals surface area (Å²) >= 11 is 0. The summed E-state index contributed by atoms with van der Waals surface area (Å²) < 4.78 is 6.06. The molecule has 0 bridgehead atoms.